The summed E-state index contributed by atoms with van der Waals surface area (Å²) in [5.41, 5.74) is 5.86. The highest BCUT2D eigenvalue weighted by atomic mass is 16.7. The van der Waals surface area contributed by atoms with Crippen LogP contribution in [0.5, 0.6) is 5.75 Å². The van der Waals surface area contributed by atoms with Gasteiger partial charge in [0.15, 0.2) is 6.29 Å². The van der Waals surface area contributed by atoms with Gasteiger partial charge in [0.05, 0.1) is 24.9 Å². The average Bonchev–Trinajstić information content (AvgIpc) is 3.08. The summed E-state index contributed by atoms with van der Waals surface area (Å²) in [5.74, 6) is -0.314. The molecule has 6 N–H and O–H groups in total. The first-order valence-electron chi connectivity index (χ1n) is 16.2. The molecule has 0 spiro atoms. The lowest BCUT2D eigenvalue weighted by atomic mass is 9.99. The van der Waals surface area contributed by atoms with Crippen molar-refractivity contribution in [1.29, 1.82) is 0 Å². The molecule has 3 aromatic rings. The van der Waals surface area contributed by atoms with Crippen LogP contribution in [0.4, 0.5) is 0 Å². The van der Waals surface area contributed by atoms with E-state index in [1.54, 1.807) is 29.7 Å². The first kappa shape index (κ1) is 36.0. The third-order valence-corrected chi connectivity index (χ3v) is 8.29. The molecule has 254 valence electrons. The van der Waals surface area contributed by atoms with Gasteiger partial charge in [-0.15, -0.1) is 0 Å². The van der Waals surface area contributed by atoms with Crippen LogP contribution < -0.4 is 10.8 Å². The normalized spacial score (nSPS) is 18.5. The van der Waals surface area contributed by atoms with E-state index < -0.39 is 18.3 Å². The highest BCUT2D eigenvalue weighted by Gasteiger charge is 2.33. The lowest BCUT2D eigenvalue weighted by molar-refractivity contribution is -0.252. The van der Waals surface area contributed by atoms with Crippen LogP contribution in [0.2, 0.25) is 0 Å². The third kappa shape index (κ3) is 11.7. The lowest BCUT2D eigenvalue weighted by Crippen LogP contribution is -2.39. The second-order valence-corrected chi connectivity index (χ2v) is 12.1. The molecule has 4 unspecified atom stereocenters. The minimum atomic E-state index is -0.773. The van der Waals surface area contributed by atoms with E-state index in [9.17, 15) is 24.9 Å². The first-order chi connectivity index (χ1) is 22.7. The lowest BCUT2D eigenvalue weighted by Gasteiger charge is -2.38. The summed E-state index contributed by atoms with van der Waals surface area (Å²) in [5, 5.41) is 41.5. The van der Waals surface area contributed by atoms with E-state index in [2.05, 4.69) is 5.32 Å². The number of unbranched alkanes of at least 4 members (excludes halogenated alkanes) is 3. The molecule has 2 amide bonds. The summed E-state index contributed by atoms with van der Waals surface area (Å²) >= 11 is 0. The molecule has 11 heteroatoms. The van der Waals surface area contributed by atoms with Gasteiger partial charge in [-0.25, -0.2) is 5.48 Å². The van der Waals surface area contributed by atoms with Crippen molar-refractivity contribution in [3.8, 4) is 5.75 Å². The number of nitrogens with zero attached hydrogens (tertiary/aromatic N) is 1. The Morgan fingerprint density at radius 2 is 1.55 bits per heavy atom. The molecular weight excluding hydrogens is 602 g/mol. The van der Waals surface area contributed by atoms with Crippen LogP contribution in [0.15, 0.2) is 72.8 Å². The first-order valence-corrected chi connectivity index (χ1v) is 16.2. The molecule has 4 atom stereocenters. The molecule has 1 saturated heterocycles. The summed E-state index contributed by atoms with van der Waals surface area (Å²) in [6.45, 7) is 1.27. The second kappa shape index (κ2) is 18.5. The Kier molecular flexibility index (Phi) is 14.2. The molecule has 4 rings (SSSR count). The number of nitrogens with one attached hydrogen (secondary N) is 2. The molecule has 0 saturated carbocycles. The van der Waals surface area contributed by atoms with Crippen molar-refractivity contribution >= 4 is 11.8 Å². The molecule has 1 aliphatic heterocycles. The van der Waals surface area contributed by atoms with Gasteiger partial charge in [-0.2, -0.15) is 0 Å². The fourth-order valence-corrected chi connectivity index (χ4v) is 5.65. The van der Waals surface area contributed by atoms with E-state index in [0.29, 0.717) is 44.5 Å². The number of likely N-dealkylation sites (N-methyl/N-ethyl adjacent to an activating group) is 1. The number of carbonyl (C=O) groups excluding carboxylic acids is 2. The number of hydrogen-bond acceptors (Lipinski definition) is 9. The third-order valence-electron chi connectivity index (χ3n) is 8.29. The maximum atomic E-state index is 12.3. The standard InChI is InChI=1S/C36H47N3O8/c1-39(23-32(42)29-7-6-8-30(41)19-29)22-31-20-33(27-15-13-26(24-40)14-16-27)47-36(46-31)28-17-11-25(12-18-28)21-37-34(43)9-4-2-3-5-10-35(44)38-45/h6-8,11-19,31-33,36,40-42,45H,2-5,9-10,20-24H2,1H3,(H,37,43)(H,38,44). The quantitative estimate of drug-likeness (QED) is 0.0700. The van der Waals surface area contributed by atoms with Crippen LogP contribution in [-0.2, 0) is 32.2 Å². The Hall–Kier alpha value is -3.84. The number of hydrogen-bond donors (Lipinski definition) is 6. The highest BCUT2D eigenvalue weighted by Crippen LogP contribution is 2.38. The predicted molar refractivity (Wildman–Crippen MR) is 175 cm³/mol. The molecule has 0 aromatic heterocycles. The monoisotopic (exact) mass is 649 g/mol. The number of carbonyl (C=O) groups is 2. The highest BCUT2D eigenvalue weighted by molar-refractivity contribution is 5.75. The number of rotatable bonds is 17. The summed E-state index contributed by atoms with van der Waals surface area (Å²) in [7, 11) is 1.92. The van der Waals surface area contributed by atoms with Crippen LogP contribution in [0, 0.1) is 0 Å². The Bertz CT molecular complexity index is 1400. The van der Waals surface area contributed by atoms with Crippen LogP contribution in [0.3, 0.4) is 0 Å². The Labute approximate surface area is 276 Å². The Morgan fingerprint density at radius 3 is 2.21 bits per heavy atom. The zero-order valence-electron chi connectivity index (χ0n) is 26.9. The molecule has 1 aliphatic rings. The van der Waals surface area contributed by atoms with Gasteiger partial charge < -0.3 is 35.0 Å². The maximum Gasteiger partial charge on any atom is 0.243 e. The fraction of sp³-hybridized carbons (Fsp3) is 0.444. The molecule has 0 radical (unpaired) electrons. The molecular formula is C36H47N3O8. The number of hydroxylamine groups is 1. The van der Waals surface area contributed by atoms with Crippen LogP contribution >= 0.6 is 0 Å². The van der Waals surface area contributed by atoms with Gasteiger partial charge in [0.25, 0.3) is 0 Å². The largest absolute Gasteiger partial charge is 0.508 e. The molecule has 0 aliphatic carbocycles. The van der Waals surface area contributed by atoms with Crippen molar-refractivity contribution in [3.63, 3.8) is 0 Å². The van der Waals surface area contributed by atoms with E-state index in [1.165, 1.54) is 0 Å². The smallest absolute Gasteiger partial charge is 0.243 e. The molecule has 1 heterocycles. The van der Waals surface area contributed by atoms with Gasteiger partial charge in [0.2, 0.25) is 11.8 Å². The van der Waals surface area contributed by atoms with E-state index >= 15 is 0 Å². The summed E-state index contributed by atoms with van der Waals surface area (Å²) < 4.78 is 12.9. The van der Waals surface area contributed by atoms with Crippen LogP contribution in [0.25, 0.3) is 0 Å². The van der Waals surface area contributed by atoms with E-state index in [4.69, 9.17) is 14.7 Å². The van der Waals surface area contributed by atoms with Gasteiger partial charge >= 0.3 is 0 Å². The number of aromatic hydroxyl groups is 1. The van der Waals surface area contributed by atoms with Crippen molar-refractivity contribution in [2.45, 2.75) is 82.7 Å². The Morgan fingerprint density at radius 1 is 0.894 bits per heavy atom. The molecule has 0 bridgehead atoms. The molecule has 3 aromatic carbocycles. The van der Waals surface area contributed by atoms with Crippen molar-refractivity contribution in [2.75, 3.05) is 20.1 Å². The van der Waals surface area contributed by atoms with Gasteiger partial charge in [0.1, 0.15) is 5.75 Å². The minimum Gasteiger partial charge on any atom is -0.508 e. The van der Waals surface area contributed by atoms with Gasteiger partial charge in [0, 0.05) is 44.5 Å². The molecule has 1 fully saturated rings. The Balaban J connectivity index is 1.33. The van der Waals surface area contributed by atoms with Crippen LogP contribution in [0.1, 0.15) is 91.3 Å². The predicted octanol–water partition coefficient (Wildman–Crippen LogP) is 4.56. The van der Waals surface area contributed by atoms with Gasteiger partial charge in [-0.1, -0.05) is 73.5 Å². The van der Waals surface area contributed by atoms with Crippen LogP contribution in [-0.4, -0.2) is 63.5 Å². The number of phenolic OH excluding ortho intramolecular Hbond substituents is 1. The number of aliphatic hydroxyl groups excluding tert-OH is 2. The van der Waals surface area contributed by atoms with Gasteiger partial charge in [-0.05, 0) is 54.3 Å². The molecule has 11 nitrogen and oxygen atoms in total. The number of phenols is 1. The van der Waals surface area contributed by atoms with Crippen molar-refractivity contribution in [2.24, 2.45) is 0 Å². The number of aliphatic hydroxyl groups is 2. The topological polar surface area (TPSA) is 161 Å². The van der Waals surface area contributed by atoms with Crippen molar-refractivity contribution in [3.05, 3.63) is 101 Å². The maximum absolute atomic E-state index is 12.3. The zero-order valence-corrected chi connectivity index (χ0v) is 26.9. The number of amides is 2. The van der Waals surface area contributed by atoms with Crippen molar-refractivity contribution < 1.29 is 39.6 Å². The minimum absolute atomic E-state index is 0.0303. The van der Waals surface area contributed by atoms with E-state index in [-0.39, 0.29) is 36.9 Å². The van der Waals surface area contributed by atoms with Gasteiger partial charge in [-0.3, -0.25) is 14.8 Å². The fourth-order valence-electron chi connectivity index (χ4n) is 5.65. The summed E-state index contributed by atoms with van der Waals surface area (Å²) in [6, 6.07) is 22.1. The summed E-state index contributed by atoms with van der Waals surface area (Å²) in [6.07, 6.45) is 2.49. The van der Waals surface area contributed by atoms with Crippen molar-refractivity contribution in [1.82, 2.24) is 15.7 Å². The zero-order chi connectivity index (χ0) is 33.6. The molecule has 47 heavy (non-hydrogen) atoms. The number of benzene rings is 3. The summed E-state index contributed by atoms with van der Waals surface area (Å²) in [4.78, 5) is 25.4. The number of ether oxygens (including phenoxy) is 2. The SMILES string of the molecule is CN(CC1CC(c2ccc(CO)cc2)OC(c2ccc(CNC(=O)CCCCCCC(=O)NO)cc2)O1)CC(O)c1cccc(O)c1. The van der Waals surface area contributed by atoms with E-state index in [1.807, 2.05) is 60.5 Å². The average molecular weight is 650 g/mol. The van der Waals surface area contributed by atoms with E-state index in [0.717, 1.165) is 41.5 Å². The second-order valence-electron chi connectivity index (χ2n) is 12.1.